The quantitative estimate of drug-likeness (QED) is 0.478. The number of nitrogens with one attached hydrogen (secondary N) is 1. The SMILES string of the molecule is COc1ccccc1C(=O)Nc1ccc(CN(C(=O)c2cc(F)cc(F)c2)C2CCC(N)CC2)cc1. The highest BCUT2D eigenvalue weighted by atomic mass is 19.1. The first-order valence-corrected chi connectivity index (χ1v) is 11.9. The summed E-state index contributed by atoms with van der Waals surface area (Å²) >= 11 is 0. The highest BCUT2D eigenvalue weighted by molar-refractivity contribution is 6.06. The largest absolute Gasteiger partial charge is 0.496 e. The number of halogens is 2. The number of carbonyl (C=O) groups excluding carboxylic acids is 2. The second kappa shape index (κ2) is 11.3. The summed E-state index contributed by atoms with van der Waals surface area (Å²) < 4.78 is 32.9. The van der Waals surface area contributed by atoms with Crippen LogP contribution in [0.1, 0.15) is 52.0 Å². The summed E-state index contributed by atoms with van der Waals surface area (Å²) in [7, 11) is 1.51. The average Bonchev–Trinajstić information content (AvgIpc) is 2.88. The Labute approximate surface area is 209 Å². The van der Waals surface area contributed by atoms with Crippen LogP contribution in [0.3, 0.4) is 0 Å². The van der Waals surface area contributed by atoms with E-state index in [0.717, 1.165) is 49.4 Å². The summed E-state index contributed by atoms with van der Waals surface area (Å²) in [5, 5.41) is 2.85. The van der Waals surface area contributed by atoms with Crippen molar-refractivity contribution in [1.82, 2.24) is 4.90 Å². The number of hydrogen-bond donors (Lipinski definition) is 2. The fourth-order valence-corrected chi connectivity index (χ4v) is 4.54. The molecule has 1 aliphatic carbocycles. The number of para-hydroxylation sites is 1. The Morgan fingerprint density at radius 3 is 2.25 bits per heavy atom. The van der Waals surface area contributed by atoms with Gasteiger partial charge in [-0.1, -0.05) is 24.3 Å². The summed E-state index contributed by atoms with van der Waals surface area (Å²) in [6.45, 7) is 0.262. The van der Waals surface area contributed by atoms with Crippen LogP contribution in [0.5, 0.6) is 5.75 Å². The van der Waals surface area contributed by atoms with Crippen LogP contribution in [0.15, 0.2) is 66.7 Å². The molecule has 0 spiro atoms. The molecule has 0 unspecified atom stereocenters. The van der Waals surface area contributed by atoms with Crippen LogP contribution in [0.2, 0.25) is 0 Å². The van der Waals surface area contributed by atoms with Crippen LogP contribution in [0, 0.1) is 11.6 Å². The summed E-state index contributed by atoms with van der Waals surface area (Å²) in [4.78, 5) is 27.7. The molecule has 0 atom stereocenters. The van der Waals surface area contributed by atoms with Crippen molar-refractivity contribution in [2.24, 2.45) is 5.73 Å². The van der Waals surface area contributed by atoms with Gasteiger partial charge >= 0.3 is 0 Å². The molecule has 36 heavy (non-hydrogen) atoms. The zero-order valence-corrected chi connectivity index (χ0v) is 20.0. The van der Waals surface area contributed by atoms with Crippen LogP contribution in [-0.4, -0.2) is 35.9 Å². The van der Waals surface area contributed by atoms with Gasteiger partial charge in [-0.05, 0) is 67.6 Å². The topological polar surface area (TPSA) is 84.7 Å². The molecule has 0 aliphatic heterocycles. The second-order valence-corrected chi connectivity index (χ2v) is 9.01. The molecule has 3 aromatic carbocycles. The summed E-state index contributed by atoms with van der Waals surface area (Å²) in [6, 6.07) is 17.0. The smallest absolute Gasteiger partial charge is 0.259 e. The van der Waals surface area contributed by atoms with Crippen molar-refractivity contribution < 1.29 is 23.1 Å². The molecular formula is C28H29F2N3O3. The molecule has 0 radical (unpaired) electrons. The highest BCUT2D eigenvalue weighted by Gasteiger charge is 2.29. The van der Waals surface area contributed by atoms with Crippen molar-refractivity contribution >= 4 is 17.5 Å². The number of nitrogens with zero attached hydrogens (tertiary/aromatic N) is 1. The van der Waals surface area contributed by atoms with E-state index in [-0.39, 0.29) is 30.1 Å². The predicted molar refractivity (Wildman–Crippen MR) is 134 cm³/mol. The van der Waals surface area contributed by atoms with Crippen molar-refractivity contribution in [3.63, 3.8) is 0 Å². The van der Waals surface area contributed by atoms with Crippen LogP contribution in [-0.2, 0) is 6.54 Å². The number of nitrogens with two attached hydrogens (primary N) is 1. The zero-order valence-electron chi connectivity index (χ0n) is 20.0. The third-order valence-electron chi connectivity index (χ3n) is 6.47. The van der Waals surface area contributed by atoms with Crippen LogP contribution in [0.4, 0.5) is 14.5 Å². The number of ether oxygens (including phenoxy) is 1. The van der Waals surface area contributed by atoms with Crippen molar-refractivity contribution in [2.45, 2.75) is 44.3 Å². The molecule has 4 rings (SSSR count). The van der Waals surface area contributed by atoms with Crippen LogP contribution < -0.4 is 15.8 Å². The molecule has 8 heteroatoms. The molecule has 0 bridgehead atoms. The Bertz CT molecular complexity index is 1200. The van der Waals surface area contributed by atoms with Gasteiger partial charge in [-0.3, -0.25) is 9.59 Å². The maximum Gasteiger partial charge on any atom is 0.259 e. The second-order valence-electron chi connectivity index (χ2n) is 9.01. The lowest BCUT2D eigenvalue weighted by Gasteiger charge is -2.36. The molecule has 3 aromatic rings. The highest BCUT2D eigenvalue weighted by Crippen LogP contribution is 2.27. The van der Waals surface area contributed by atoms with Gasteiger partial charge in [0.2, 0.25) is 0 Å². The Balaban J connectivity index is 1.51. The van der Waals surface area contributed by atoms with Gasteiger partial charge in [0.05, 0.1) is 12.7 Å². The third kappa shape index (κ3) is 6.07. The molecule has 1 fully saturated rings. The molecule has 1 saturated carbocycles. The monoisotopic (exact) mass is 493 g/mol. The first-order chi connectivity index (χ1) is 17.3. The molecule has 0 aromatic heterocycles. The standard InChI is InChI=1S/C28H29F2N3O3/c1-36-26-5-3-2-4-25(26)27(34)32-23-10-6-18(7-11-23)17-33(24-12-8-22(31)9-13-24)28(35)19-14-20(29)16-21(30)15-19/h2-7,10-11,14-16,22,24H,8-9,12-13,17,31H2,1H3,(H,32,34). The van der Waals surface area contributed by atoms with E-state index in [4.69, 9.17) is 10.5 Å². The van der Waals surface area contributed by atoms with Gasteiger partial charge in [0, 0.05) is 35.9 Å². The average molecular weight is 494 g/mol. The van der Waals surface area contributed by atoms with Crippen molar-refractivity contribution in [3.8, 4) is 5.75 Å². The Kier molecular flexibility index (Phi) is 7.95. The van der Waals surface area contributed by atoms with Gasteiger partial charge in [0.25, 0.3) is 11.8 Å². The van der Waals surface area contributed by atoms with Crippen LogP contribution >= 0.6 is 0 Å². The molecule has 3 N–H and O–H groups in total. The van der Waals surface area contributed by atoms with Crippen molar-refractivity contribution in [2.75, 3.05) is 12.4 Å². The first kappa shape index (κ1) is 25.3. The Hall–Kier alpha value is -3.78. The van der Waals surface area contributed by atoms with Gasteiger partial charge in [-0.2, -0.15) is 0 Å². The van der Waals surface area contributed by atoms with Gasteiger partial charge in [0.15, 0.2) is 0 Å². The van der Waals surface area contributed by atoms with Crippen molar-refractivity contribution in [1.29, 1.82) is 0 Å². The number of methoxy groups -OCH3 is 1. The zero-order chi connectivity index (χ0) is 25.7. The number of amides is 2. The van der Waals surface area contributed by atoms with Crippen LogP contribution in [0.25, 0.3) is 0 Å². The minimum atomic E-state index is -0.792. The van der Waals surface area contributed by atoms with E-state index in [1.54, 1.807) is 41.3 Å². The van der Waals surface area contributed by atoms with Crippen molar-refractivity contribution in [3.05, 3.63) is 95.1 Å². The predicted octanol–water partition coefficient (Wildman–Crippen LogP) is 5.14. The van der Waals surface area contributed by atoms with E-state index >= 15 is 0 Å². The maximum absolute atomic E-state index is 13.8. The van der Waals surface area contributed by atoms with Gasteiger partial charge in [-0.25, -0.2) is 8.78 Å². The van der Waals surface area contributed by atoms with E-state index in [1.807, 2.05) is 12.1 Å². The fraction of sp³-hybridized carbons (Fsp3) is 0.286. The van der Waals surface area contributed by atoms with E-state index in [2.05, 4.69) is 5.32 Å². The normalized spacial score (nSPS) is 17.3. The number of rotatable bonds is 7. The lowest BCUT2D eigenvalue weighted by molar-refractivity contribution is 0.0605. The van der Waals surface area contributed by atoms with Gasteiger partial charge in [0.1, 0.15) is 17.4 Å². The number of anilines is 1. The summed E-state index contributed by atoms with van der Waals surface area (Å²) in [5.41, 5.74) is 7.85. The van der Waals surface area contributed by atoms with Gasteiger partial charge in [-0.15, -0.1) is 0 Å². The lowest BCUT2D eigenvalue weighted by atomic mass is 9.90. The summed E-state index contributed by atoms with van der Waals surface area (Å²) in [5.74, 6) is -1.84. The minimum absolute atomic E-state index is 0.0249. The maximum atomic E-state index is 13.8. The molecule has 1 aliphatic rings. The number of benzene rings is 3. The van der Waals surface area contributed by atoms with E-state index in [1.165, 1.54) is 7.11 Å². The molecule has 6 nitrogen and oxygen atoms in total. The van der Waals surface area contributed by atoms with E-state index in [0.29, 0.717) is 17.0 Å². The van der Waals surface area contributed by atoms with E-state index < -0.39 is 17.5 Å². The molecular weight excluding hydrogens is 464 g/mol. The molecule has 0 saturated heterocycles. The van der Waals surface area contributed by atoms with Gasteiger partial charge < -0.3 is 20.7 Å². The third-order valence-corrected chi connectivity index (χ3v) is 6.47. The summed E-state index contributed by atoms with van der Waals surface area (Å²) in [6.07, 6.45) is 3.00. The molecule has 0 heterocycles. The fourth-order valence-electron chi connectivity index (χ4n) is 4.54. The minimum Gasteiger partial charge on any atom is -0.496 e. The molecule has 188 valence electrons. The lowest BCUT2D eigenvalue weighted by Crippen LogP contribution is -2.43. The number of carbonyl (C=O) groups is 2. The Morgan fingerprint density at radius 1 is 0.972 bits per heavy atom. The Morgan fingerprint density at radius 2 is 1.61 bits per heavy atom. The first-order valence-electron chi connectivity index (χ1n) is 11.9. The number of hydrogen-bond acceptors (Lipinski definition) is 4. The van der Waals surface area contributed by atoms with E-state index in [9.17, 15) is 18.4 Å². The molecule has 2 amide bonds.